The summed E-state index contributed by atoms with van der Waals surface area (Å²) in [4.78, 5) is 10.7. The number of nitrogens with one attached hydrogen (secondary N) is 1. The number of hydrogen-bond donors (Lipinski definition) is 3. The monoisotopic (exact) mass is 224 g/mol. The van der Waals surface area contributed by atoms with Crippen LogP contribution in [-0.4, -0.2) is 33.4 Å². The molecule has 0 aliphatic heterocycles. The fraction of sp³-hybridized carbons (Fsp3) is 0.500. The molecule has 16 heavy (non-hydrogen) atoms. The van der Waals surface area contributed by atoms with Gasteiger partial charge in [-0.15, -0.1) is 10.2 Å². The van der Waals surface area contributed by atoms with Crippen molar-refractivity contribution >= 4 is 11.7 Å². The van der Waals surface area contributed by atoms with E-state index in [1.54, 1.807) is 13.0 Å². The number of aliphatic hydroxyl groups is 1. The Balaban J connectivity index is 2.58. The SMILES string of the molecule is CC(O)CC(C)Nc1ccc(C(N)=O)nn1. The van der Waals surface area contributed by atoms with Crippen LogP contribution in [0, 0.1) is 0 Å². The molecule has 4 N–H and O–H groups in total. The lowest BCUT2D eigenvalue weighted by Crippen LogP contribution is -2.22. The second kappa shape index (κ2) is 5.41. The number of hydrogen-bond acceptors (Lipinski definition) is 5. The van der Waals surface area contributed by atoms with Crippen molar-refractivity contribution in [3.63, 3.8) is 0 Å². The second-order valence-electron chi connectivity index (χ2n) is 3.80. The van der Waals surface area contributed by atoms with Crippen molar-refractivity contribution in [2.75, 3.05) is 5.32 Å². The van der Waals surface area contributed by atoms with Crippen LogP contribution in [0.4, 0.5) is 5.82 Å². The second-order valence-corrected chi connectivity index (χ2v) is 3.80. The van der Waals surface area contributed by atoms with Crippen LogP contribution in [0.3, 0.4) is 0 Å². The molecule has 0 radical (unpaired) electrons. The smallest absolute Gasteiger partial charge is 0.269 e. The molecule has 1 rings (SSSR count). The summed E-state index contributed by atoms with van der Waals surface area (Å²) in [5.74, 6) is -0.0470. The zero-order valence-electron chi connectivity index (χ0n) is 9.34. The van der Waals surface area contributed by atoms with E-state index in [2.05, 4.69) is 15.5 Å². The molecule has 0 bridgehead atoms. The van der Waals surface area contributed by atoms with E-state index >= 15 is 0 Å². The molecule has 1 heterocycles. The fourth-order valence-electron chi connectivity index (χ4n) is 1.36. The molecule has 0 saturated carbocycles. The molecule has 0 aliphatic rings. The summed E-state index contributed by atoms with van der Waals surface area (Å²) in [5, 5.41) is 19.7. The molecule has 0 saturated heterocycles. The highest BCUT2D eigenvalue weighted by Gasteiger charge is 2.08. The molecule has 2 atom stereocenters. The molecular formula is C10H16N4O2. The van der Waals surface area contributed by atoms with Gasteiger partial charge in [-0.3, -0.25) is 4.79 Å². The Kier molecular flexibility index (Phi) is 4.19. The first-order chi connectivity index (χ1) is 7.49. The summed E-state index contributed by atoms with van der Waals surface area (Å²) in [6, 6.07) is 3.21. The van der Waals surface area contributed by atoms with E-state index in [1.165, 1.54) is 6.07 Å². The molecular weight excluding hydrogens is 208 g/mol. The van der Waals surface area contributed by atoms with Crippen molar-refractivity contribution in [1.29, 1.82) is 0 Å². The molecule has 0 aliphatic carbocycles. The maximum atomic E-state index is 10.7. The normalized spacial score (nSPS) is 14.2. The van der Waals surface area contributed by atoms with E-state index in [9.17, 15) is 9.90 Å². The minimum atomic E-state index is -0.601. The lowest BCUT2D eigenvalue weighted by Gasteiger charge is -2.15. The Morgan fingerprint density at radius 1 is 1.50 bits per heavy atom. The maximum Gasteiger partial charge on any atom is 0.269 e. The first-order valence-electron chi connectivity index (χ1n) is 5.07. The number of amides is 1. The van der Waals surface area contributed by atoms with E-state index in [0.717, 1.165) is 0 Å². The van der Waals surface area contributed by atoms with Gasteiger partial charge in [-0.1, -0.05) is 0 Å². The number of rotatable bonds is 5. The van der Waals surface area contributed by atoms with Crippen molar-refractivity contribution in [3.05, 3.63) is 17.8 Å². The standard InChI is InChI=1S/C10H16N4O2/c1-6(5-7(2)15)12-9-4-3-8(10(11)16)13-14-9/h3-4,6-7,15H,5H2,1-2H3,(H2,11,16)(H,12,14). The summed E-state index contributed by atoms with van der Waals surface area (Å²) in [5.41, 5.74) is 5.17. The number of primary amides is 1. The van der Waals surface area contributed by atoms with E-state index in [1.807, 2.05) is 6.92 Å². The molecule has 2 unspecified atom stereocenters. The number of aromatic nitrogens is 2. The van der Waals surface area contributed by atoms with Gasteiger partial charge in [0, 0.05) is 6.04 Å². The van der Waals surface area contributed by atoms with E-state index in [0.29, 0.717) is 12.2 Å². The number of nitrogens with two attached hydrogens (primary N) is 1. The van der Waals surface area contributed by atoms with E-state index < -0.39 is 5.91 Å². The summed E-state index contributed by atoms with van der Waals surface area (Å²) < 4.78 is 0. The minimum Gasteiger partial charge on any atom is -0.393 e. The summed E-state index contributed by atoms with van der Waals surface area (Å²) in [6.07, 6.45) is 0.236. The molecule has 1 aromatic heterocycles. The fourth-order valence-corrected chi connectivity index (χ4v) is 1.36. The average Bonchev–Trinajstić information content (AvgIpc) is 2.16. The Labute approximate surface area is 93.9 Å². The lowest BCUT2D eigenvalue weighted by molar-refractivity contribution is 0.0994. The van der Waals surface area contributed by atoms with Crippen molar-refractivity contribution in [1.82, 2.24) is 10.2 Å². The van der Waals surface area contributed by atoms with E-state index in [-0.39, 0.29) is 17.8 Å². The molecule has 0 spiro atoms. The van der Waals surface area contributed by atoms with E-state index in [4.69, 9.17) is 5.73 Å². The zero-order chi connectivity index (χ0) is 12.1. The number of nitrogens with zero attached hydrogens (tertiary/aromatic N) is 2. The largest absolute Gasteiger partial charge is 0.393 e. The topological polar surface area (TPSA) is 101 Å². The van der Waals surface area contributed by atoms with Gasteiger partial charge in [0.2, 0.25) is 0 Å². The van der Waals surface area contributed by atoms with Gasteiger partial charge in [0.25, 0.3) is 5.91 Å². The van der Waals surface area contributed by atoms with Crippen molar-refractivity contribution in [2.24, 2.45) is 5.73 Å². The highest BCUT2D eigenvalue weighted by atomic mass is 16.3. The van der Waals surface area contributed by atoms with Gasteiger partial charge in [-0.2, -0.15) is 0 Å². The van der Waals surface area contributed by atoms with Crippen molar-refractivity contribution < 1.29 is 9.90 Å². The van der Waals surface area contributed by atoms with Gasteiger partial charge in [-0.25, -0.2) is 0 Å². The van der Waals surface area contributed by atoms with Gasteiger partial charge in [0.05, 0.1) is 6.10 Å². The predicted molar refractivity (Wildman–Crippen MR) is 59.9 cm³/mol. The summed E-state index contributed by atoms with van der Waals surface area (Å²) in [6.45, 7) is 3.65. The van der Waals surface area contributed by atoms with Crippen LogP contribution in [0.1, 0.15) is 30.8 Å². The first-order valence-corrected chi connectivity index (χ1v) is 5.07. The third kappa shape index (κ3) is 3.82. The molecule has 0 fully saturated rings. The van der Waals surface area contributed by atoms with Gasteiger partial charge < -0.3 is 16.2 Å². The molecule has 88 valence electrons. The first kappa shape index (κ1) is 12.4. The molecule has 0 aromatic carbocycles. The number of carbonyl (C=O) groups is 1. The lowest BCUT2D eigenvalue weighted by atomic mass is 10.1. The Bertz CT molecular complexity index is 350. The minimum absolute atomic E-state index is 0.0775. The van der Waals surface area contributed by atoms with Gasteiger partial charge >= 0.3 is 0 Å². The Morgan fingerprint density at radius 2 is 2.19 bits per heavy atom. The molecule has 1 amide bonds. The highest BCUT2D eigenvalue weighted by molar-refractivity contribution is 5.90. The quantitative estimate of drug-likeness (QED) is 0.660. The van der Waals surface area contributed by atoms with Crippen LogP contribution >= 0.6 is 0 Å². The van der Waals surface area contributed by atoms with Crippen molar-refractivity contribution in [3.8, 4) is 0 Å². The number of aliphatic hydroxyl groups excluding tert-OH is 1. The van der Waals surface area contributed by atoms with Crippen LogP contribution in [-0.2, 0) is 0 Å². The molecule has 6 nitrogen and oxygen atoms in total. The number of carbonyl (C=O) groups excluding carboxylic acids is 1. The molecule has 1 aromatic rings. The predicted octanol–water partition coefficient (Wildman–Crippen LogP) is 0.147. The van der Waals surface area contributed by atoms with Crippen LogP contribution < -0.4 is 11.1 Å². The van der Waals surface area contributed by atoms with Gasteiger partial charge in [0.15, 0.2) is 5.69 Å². The average molecular weight is 224 g/mol. The number of anilines is 1. The molecule has 6 heteroatoms. The van der Waals surface area contributed by atoms with Crippen LogP contribution in [0.5, 0.6) is 0 Å². The van der Waals surface area contributed by atoms with Crippen LogP contribution in [0.15, 0.2) is 12.1 Å². The third-order valence-electron chi connectivity index (χ3n) is 2.01. The third-order valence-corrected chi connectivity index (χ3v) is 2.01. The Morgan fingerprint density at radius 3 is 2.62 bits per heavy atom. The van der Waals surface area contributed by atoms with Crippen molar-refractivity contribution in [2.45, 2.75) is 32.4 Å². The summed E-state index contributed by atoms with van der Waals surface area (Å²) >= 11 is 0. The highest BCUT2D eigenvalue weighted by Crippen LogP contribution is 2.07. The Hall–Kier alpha value is -1.69. The maximum absolute atomic E-state index is 10.7. The van der Waals surface area contributed by atoms with Gasteiger partial charge in [-0.05, 0) is 32.4 Å². The van der Waals surface area contributed by atoms with Crippen LogP contribution in [0.25, 0.3) is 0 Å². The zero-order valence-corrected chi connectivity index (χ0v) is 9.34. The van der Waals surface area contributed by atoms with Gasteiger partial charge in [0.1, 0.15) is 5.82 Å². The summed E-state index contributed by atoms with van der Waals surface area (Å²) in [7, 11) is 0. The van der Waals surface area contributed by atoms with Crippen LogP contribution in [0.2, 0.25) is 0 Å².